The summed E-state index contributed by atoms with van der Waals surface area (Å²) < 4.78 is 0. The minimum atomic E-state index is -1.07. The fourth-order valence-electron chi connectivity index (χ4n) is 1.86. The molecule has 1 aromatic heterocycles. The molecule has 0 atom stereocenters. The Morgan fingerprint density at radius 1 is 1.33 bits per heavy atom. The number of nitrogens with two attached hydrogens (primary N) is 1. The van der Waals surface area contributed by atoms with E-state index in [-0.39, 0.29) is 18.1 Å². The Balaban J connectivity index is 2.02. The van der Waals surface area contributed by atoms with Crippen molar-refractivity contribution >= 4 is 23.2 Å². The summed E-state index contributed by atoms with van der Waals surface area (Å²) >= 11 is 1.20. The van der Waals surface area contributed by atoms with Crippen molar-refractivity contribution < 1.29 is 14.7 Å². The van der Waals surface area contributed by atoms with Crippen LogP contribution in [-0.4, -0.2) is 28.5 Å². The van der Waals surface area contributed by atoms with Gasteiger partial charge in [0, 0.05) is 10.9 Å². The molecule has 0 spiro atoms. The summed E-state index contributed by atoms with van der Waals surface area (Å²) in [6.07, 6.45) is 0.629. The lowest BCUT2D eigenvalue weighted by atomic mass is 10.0. The van der Waals surface area contributed by atoms with Gasteiger partial charge in [0.05, 0.1) is 6.54 Å². The number of benzene rings is 1. The molecule has 0 saturated heterocycles. The lowest BCUT2D eigenvalue weighted by Gasteiger charge is -2.08. The molecule has 2 aromatic rings. The number of carbonyl (C=O) groups is 2. The van der Waals surface area contributed by atoms with Gasteiger partial charge in [-0.05, 0) is 24.6 Å². The summed E-state index contributed by atoms with van der Waals surface area (Å²) in [6.45, 7) is 0.673. The zero-order valence-electron chi connectivity index (χ0n) is 11.2. The van der Waals surface area contributed by atoms with E-state index in [1.54, 1.807) is 12.1 Å². The highest BCUT2D eigenvalue weighted by molar-refractivity contribution is 7.09. The van der Waals surface area contributed by atoms with Crippen molar-refractivity contribution in [3.63, 3.8) is 0 Å². The van der Waals surface area contributed by atoms with Crippen molar-refractivity contribution in [3.8, 4) is 0 Å². The maximum absolute atomic E-state index is 12.2. The molecule has 0 radical (unpaired) electrons. The minimum absolute atomic E-state index is 0.00668. The standard InChI is InChI=1S/C14H15N3O3S/c15-6-5-9-3-1-2-4-10(9)13(18)16-7-12-17-11(8-21-12)14(19)20/h1-4,8H,5-7,15H2,(H,16,18)(H,19,20). The van der Waals surface area contributed by atoms with Crippen LogP contribution in [0.4, 0.5) is 0 Å². The Bertz CT molecular complexity index is 654. The summed E-state index contributed by atoms with van der Waals surface area (Å²) in [5.41, 5.74) is 7.00. The number of rotatable bonds is 6. The van der Waals surface area contributed by atoms with E-state index in [0.717, 1.165) is 5.56 Å². The third-order valence-corrected chi connectivity index (χ3v) is 3.70. The van der Waals surface area contributed by atoms with Gasteiger partial charge in [-0.3, -0.25) is 4.79 Å². The van der Waals surface area contributed by atoms with Gasteiger partial charge in [0.25, 0.3) is 5.91 Å². The molecule has 0 bridgehead atoms. The zero-order chi connectivity index (χ0) is 15.2. The molecule has 1 aromatic carbocycles. The summed E-state index contributed by atoms with van der Waals surface area (Å²) in [7, 11) is 0. The smallest absolute Gasteiger partial charge is 0.355 e. The molecule has 1 amide bonds. The number of carboxylic acids is 1. The summed E-state index contributed by atoms with van der Waals surface area (Å²) in [4.78, 5) is 26.8. The van der Waals surface area contributed by atoms with Gasteiger partial charge >= 0.3 is 5.97 Å². The van der Waals surface area contributed by atoms with Gasteiger partial charge in [0.1, 0.15) is 5.01 Å². The second kappa shape index (κ2) is 6.96. The predicted octanol–water partition coefficient (Wildman–Crippen LogP) is 1.27. The van der Waals surface area contributed by atoms with E-state index in [0.29, 0.717) is 23.5 Å². The quantitative estimate of drug-likeness (QED) is 0.745. The molecular weight excluding hydrogens is 290 g/mol. The van der Waals surface area contributed by atoms with E-state index in [1.165, 1.54) is 16.7 Å². The van der Waals surface area contributed by atoms with Crippen LogP contribution in [0.5, 0.6) is 0 Å². The van der Waals surface area contributed by atoms with E-state index in [1.807, 2.05) is 12.1 Å². The molecular formula is C14H15N3O3S. The van der Waals surface area contributed by atoms with E-state index >= 15 is 0 Å². The van der Waals surface area contributed by atoms with E-state index in [9.17, 15) is 9.59 Å². The molecule has 4 N–H and O–H groups in total. The Labute approximate surface area is 125 Å². The highest BCUT2D eigenvalue weighted by Crippen LogP contribution is 2.12. The van der Waals surface area contributed by atoms with Crippen molar-refractivity contribution in [1.29, 1.82) is 0 Å². The third kappa shape index (κ3) is 3.87. The Morgan fingerprint density at radius 2 is 2.10 bits per heavy atom. The number of carbonyl (C=O) groups excluding carboxylic acids is 1. The van der Waals surface area contributed by atoms with Crippen LogP contribution in [0.3, 0.4) is 0 Å². The number of carboxylic acid groups (broad SMARTS) is 1. The van der Waals surface area contributed by atoms with Gasteiger partial charge in [-0.2, -0.15) is 0 Å². The summed E-state index contributed by atoms with van der Waals surface area (Å²) in [5, 5.41) is 13.5. The molecule has 6 nitrogen and oxygen atoms in total. The normalized spacial score (nSPS) is 10.3. The predicted molar refractivity (Wildman–Crippen MR) is 79.4 cm³/mol. The number of aromatic nitrogens is 1. The van der Waals surface area contributed by atoms with Crippen molar-refractivity contribution in [3.05, 3.63) is 51.5 Å². The first-order chi connectivity index (χ1) is 10.1. The fourth-order valence-corrected chi connectivity index (χ4v) is 2.56. The maximum atomic E-state index is 12.2. The van der Waals surface area contributed by atoms with Crippen LogP contribution in [0.2, 0.25) is 0 Å². The highest BCUT2D eigenvalue weighted by atomic mass is 32.1. The van der Waals surface area contributed by atoms with Crippen LogP contribution in [0.15, 0.2) is 29.6 Å². The van der Waals surface area contributed by atoms with E-state index < -0.39 is 5.97 Å². The van der Waals surface area contributed by atoms with Crippen LogP contribution in [0, 0.1) is 0 Å². The molecule has 2 rings (SSSR count). The molecule has 0 saturated carbocycles. The first kappa shape index (κ1) is 15.1. The van der Waals surface area contributed by atoms with Crippen LogP contribution in [0.1, 0.15) is 31.4 Å². The zero-order valence-corrected chi connectivity index (χ0v) is 12.0. The van der Waals surface area contributed by atoms with E-state index in [4.69, 9.17) is 10.8 Å². The molecule has 0 aliphatic carbocycles. The van der Waals surface area contributed by atoms with Crippen molar-refractivity contribution in [1.82, 2.24) is 10.3 Å². The van der Waals surface area contributed by atoms with Gasteiger partial charge in [-0.25, -0.2) is 9.78 Å². The lowest BCUT2D eigenvalue weighted by molar-refractivity contribution is 0.0691. The molecule has 0 aliphatic rings. The minimum Gasteiger partial charge on any atom is -0.476 e. The number of nitrogens with zero attached hydrogens (tertiary/aromatic N) is 1. The third-order valence-electron chi connectivity index (χ3n) is 2.85. The molecule has 0 aliphatic heterocycles. The largest absolute Gasteiger partial charge is 0.476 e. The lowest BCUT2D eigenvalue weighted by Crippen LogP contribution is -2.24. The monoisotopic (exact) mass is 305 g/mol. The van der Waals surface area contributed by atoms with Crippen LogP contribution >= 0.6 is 11.3 Å². The first-order valence-corrected chi connectivity index (χ1v) is 7.23. The number of thiazole rings is 1. The number of hydrogen-bond donors (Lipinski definition) is 3. The number of amides is 1. The topological polar surface area (TPSA) is 105 Å². The van der Waals surface area contributed by atoms with Gasteiger partial charge < -0.3 is 16.2 Å². The Morgan fingerprint density at radius 3 is 2.76 bits per heavy atom. The number of hydrogen-bond acceptors (Lipinski definition) is 5. The second-order valence-electron chi connectivity index (χ2n) is 4.31. The summed E-state index contributed by atoms with van der Waals surface area (Å²) in [6, 6.07) is 7.27. The Kier molecular flexibility index (Phi) is 5.02. The second-order valence-corrected chi connectivity index (χ2v) is 5.25. The van der Waals surface area contributed by atoms with Gasteiger partial charge in [-0.1, -0.05) is 18.2 Å². The van der Waals surface area contributed by atoms with Crippen LogP contribution in [0.25, 0.3) is 0 Å². The SMILES string of the molecule is NCCc1ccccc1C(=O)NCc1nc(C(=O)O)cs1. The van der Waals surface area contributed by atoms with Crippen LogP contribution in [-0.2, 0) is 13.0 Å². The highest BCUT2D eigenvalue weighted by Gasteiger charge is 2.12. The van der Waals surface area contributed by atoms with Gasteiger partial charge in [-0.15, -0.1) is 11.3 Å². The molecule has 0 unspecified atom stereocenters. The first-order valence-electron chi connectivity index (χ1n) is 6.35. The molecule has 110 valence electrons. The van der Waals surface area contributed by atoms with Crippen molar-refractivity contribution in [2.24, 2.45) is 5.73 Å². The summed E-state index contributed by atoms with van der Waals surface area (Å²) in [5.74, 6) is -1.29. The van der Waals surface area contributed by atoms with Crippen molar-refractivity contribution in [2.75, 3.05) is 6.54 Å². The molecule has 0 fully saturated rings. The van der Waals surface area contributed by atoms with Gasteiger partial charge in [0.15, 0.2) is 5.69 Å². The van der Waals surface area contributed by atoms with Gasteiger partial charge in [0.2, 0.25) is 0 Å². The molecule has 7 heteroatoms. The molecule has 1 heterocycles. The number of nitrogens with one attached hydrogen (secondary N) is 1. The number of aromatic carboxylic acids is 1. The molecule has 21 heavy (non-hydrogen) atoms. The Hall–Kier alpha value is -2.25. The van der Waals surface area contributed by atoms with Crippen molar-refractivity contribution in [2.45, 2.75) is 13.0 Å². The average Bonchev–Trinajstić information content (AvgIpc) is 2.95. The average molecular weight is 305 g/mol. The fraction of sp³-hybridized carbons (Fsp3) is 0.214. The van der Waals surface area contributed by atoms with E-state index in [2.05, 4.69) is 10.3 Å². The van der Waals surface area contributed by atoms with Crippen LogP contribution < -0.4 is 11.1 Å². The maximum Gasteiger partial charge on any atom is 0.355 e.